The van der Waals surface area contributed by atoms with Crippen molar-refractivity contribution in [3.8, 4) is 0 Å². The molecule has 2 aromatic heterocycles. The zero-order valence-electron chi connectivity index (χ0n) is 12.2. The van der Waals surface area contributed by atoms with Gasteiger partial charge in [-0.05, 0) is 18.4 Å². The van der Waals surface area contributed by atoms with E-state index >= 15 is 0 Å². The largest absolute Gasteiger partial charge is 0.383 e. The van der Waals surface area contributed by atoms with Crippen molar-refractivity contribution >= 4 is 11.5 Å². The number of nitrogens with zero attached hydrogens (tertiary/aromatic N) is 3. The van der Waals surface area contributed by atoms with Crippen LogP contribution in [0.2, 0.25) is 0 Å². The average molecular weight is 292 g/mol. The second kappa shape index (κ2) is 6.29. The summed E-state index contributed by atoms with van der Waals surface area (Å²) in [6, 6.07) is 0. The van der Waals surface area contributed by atoms with E-state index in [4.69, 9.17) is 5.73 Å². The van der Waals surface area contributed by atoms with Gasteiger partial charge in [-0.25, -0.2) is 4.79 Å². The highest BCUT2D eigenvalue weighted by Gasteiger charge is 2.11. The van der Waals surface area contributed by atoms with Crippen LogP contribution in [0.15, 0.2) is 22.0 Å². The lowest BCUT2D eigenvalue weighted by Gasteiger charge is -2.12. The molecule has 0 aliphatic carbocycles. The van der Waals surface area contributed by atoms with Crippen LogP contribution in [-0.2, 0) is 20.0 Å². The molecule has 2 rings (SSSR count). The molecule has 114 valence electrons. The molecule has 0 unspecified atom stereocenters. The van der Waals surface area contributed by atoms with Gasteiger partial charge in [0.05, 0.1) is 6.20 Å². The van der Waals surface area contributed by atoms with E-state index < -0.39 is 11.2 Å². The van der Waals surface area contributed by atoms with Crippen LogP contribution < -0.4 is 22.3 Å². The Morgan fingerprint density at radius 1 is 1.43 bits per heavy atom. The number of H-pyrrole nitrogens is 1. The minimum atomic E-state index is -0.490. The molecule has 0 bridgehead atoms. The number of aromatic nitrogens is 4. The lowest BCUT2D eigenvalue weighted by molar-refractivity contribution is 0.642. The molecular formula is C13H20N6O2. The second-order valence-electron chi connectivity index (χ2n) is 4.87. The Morgan fingerprint density at radius 3 is 2.81 bits per heavy atom. The molecule has 21 heavy (non-hydrogen) atoms. The number of nitrogen functional groups attached to an aromatic ring is 1. The van der Waals surface area contributed by atoms with Crippen molar-refractivity contribution in [2.45, 2.75) is 26.3 Å². The van der Waals surface area contributed by atoms with Crippen LogP contribution in [0.3, 0.4) is 0 Å². The Labute approximate surface area is 121 Å². The summed E-state index contributed by atoms with van der Waals surface area (Å²) >= 11 is 0. The van der Waals surface area contributed by atoms with Gasteiger partial charge in [-0.3, -0.25) is 19.0 Å². The second-order valence-corrected chi connectivity index (χ2v) is 4.87. The van der Waals surface area contributed by atoms with Crippen molar-refractivity contribution in [3.05, 3.63) is 38.8 Å². The molecule has 0 fully saturated rings. The number of aromatic amines is 1. The third kappa shape index (κ3) is 3.33. The first-order valence-electron chi connectivity index (χ1n) is 6.87. The van der Waals surface area contributed by atoms with Crippen molar-refractivity contribution in [3.63, 3.8) is 0 Å². The summed E-state index contributed by atoms with van der Waals surface area (Å²) in [5, 5.41) is 7.08. The Morgan fingerprint density at radius 2 is 2.19 bits per heavy atom. The maximum absolute atomic E-state index is 11.8. The predicted molar refractivity (Wildman–Crippen MR) is 81.4 cm³/mol. The van der Waals surface area contributed by atoms with Crippen LogP contribution in [0.25, 0.3) is 0 Å². The molecular weight excluding hydrogens is 272 g/mol. The fourth-order valence-corrected chi connectivity index (χ4v) is 2.14. The number of nitrogens with two attached hydrogens (primary N) is 1. The summed E-state index contributed by atoms with van der Waals surface area (Å²) in [5.74, 6) is 0.178. The van der Waals surface area contributed by atoms with Crippen LogP contribution >= 0.6 is 0 Å². The number of anilines is 2. The molecule has 8 heteroatoms. The monoisotopic (exact) mass is 292 g/mol. The first-order chi connectivity index (χ1) is 10.0. The Hall–Kier alpha value is -2.51. The number of rotatable bonds is 6. The van der Waals surface area contributed by atoms with Gasteiger partial charge >= 0.3 is 5.69 Å². The predicted octanol–water partition coefficient (Wildman–Crippen LogP) is -0.0831. The SMILES string of the molecule is CCCn1c(N)c(NCCc2cnn(C)c2)c(=O)[nH]c1=O. The number of nitrogens with one attached hydrogen (secondary N) is 2. The smallest absolute Gasteiger partial charge is 0.330 e. The van der Waals surface area contributed by atoms with Crippen molar-refractivity contribution in [1.82, 2.24) is 19.3 Å². The molecule has 0 radical (unpaired) electrons. The molecule has 2 aromatic rings. The van der Waals surface area contributed by atoms with Crippen molar-refractivity contribution in [1.29, 1.82) is 0 Å². The standard InChI is InChI=1S/C13H20N6O2/c1-3-6-19-11(14)10(12(20)17-13(19)21)15-5-4-9-7-16-18(2)8-9/h7-8,15H,3-6,14H2,1-2H3,(H,17,20,21). The molecule has 0 aliphatic rings. The normalized spacial score (nSPS) is 10.8. The summed E-state index contributed by atoms with van der Waals surface area (Å²) in [7, 11) is 1.85. The van der Waals surface area contributed by atoms with E-state index in [0.717, 1.165) is 12.0 Å². The quantitative estimate of drug-likeness (QED) is 0.689. The van der Waals surface area contributed by atoms with Gasteiger partial charge in [-0.2, -0.15) is 5.10 Å². The summed E-state index contributed by atoms with van der Waals surface area (Å²) in [6.07, 6.45) is 5.14. The molecule has 8 nitrogen and oxygen atoms in total. The van der Waals surface area contributed by atoms with Gasteiger partial charge in [-0.1, -0.05) is 6.92 Å². The van der Waals surface area contributed by atoms with Crippen LogP contribution in [0.4, 0.5) is 11.5 Å². The van der Waals surface area contributed by atoms with Gasteiger partial charge in [0, 0.05) is 26.3 Å². The van der Waals surface area contributed by atoms with Crippen molar-refractivity contribution in [2.75, 3.05) is 17.6 Å². The molecule has 0 atom stereocenters. The van der Waals surface area contributed by atoms with E-state index in [-0.39, 0.29) is 11.5 Å². The van der Waals surface area contributed by atoms with E-state index in [1.165, 1.54) is 4.57 Å². The lowest BCUT2D eigenvalue weighted by atomic mass is 10.2. The summed E-state index contributed by atoms with van der Waals surface area (Å²) in [4.78, 5) is 25.8. The van der Waals surface area contributed by atoms with Crippen molar-refractivity contribution < 1.29 is 0 Å². The summed E-state index contributed by atoms with van der Waals surface area (Å²) in [5.41, 5.74) is 6.25. The molecule has 0 saturated heterocycles. The van der Waals surface area contributed by atoms with Gasteiger partial charge in [0.1, 0.15) is 11.5 Å². The molecule has 4 N–H and O–H groups in total. The average Bonchev–Trinajstić information content (AvgIpc) is 2.84. The Kier molecular flexibility index (Phi) is 4.46. The number of hydrogen-bond donors (Lipinski definition) is 3. The molecule has 2 heterocycles. The van der Waals surface area contributed by atoms with Crippen LogP contribution in [0.5, 0.6) is 0 Å². The minimum Gasteiger partial charge on any atom is -0.383 e. The third-order valence-corrected chi connectivity index (χ3v) is 3.16. The van der Waals surface area contributed by atoms with E-state index in [9.17, 15) is 9.59 Å². The van der Waals surface area contributed by atoms with Crippen LogP contribution in [-0.4, -0.2) is 25.9 Å². The topological polar surface area (TPSA) is 111 Å². The Balaban J connectivity index is 2.14. The first kappa shape index (κ1) is 14.9. The number of aryl methyl sites for hydroxylation is 1. The maximum atomic E-state index is 11.8. The molecule has 0 aromatic carbocycles. The van der Waals surface area contributed by atoms with Crippen LogP contribution in [0, 0.1) is 0 Å². The zero-order valence-corrected chi connectivity index (χ0v) is 12.2. The van der Waals surface area contributed by atoms with E-state index in [0.29, 0.717) is 19.5 Å². The van der Waals surface area contributed by atoms with Gasteiger partial charge in [0.15, 0.2) is 0 Å². The van der Waals surface area contributed by atoms with E-state index in [1.54, 1.807) is 10.9 Å². The highest BCUT2D eigenvalue weighted by Crippen LogP contribution is 2.10. The van der Waals surface area contributed by atoms with Gasteiger partial charge < -0.3 is 11.1 Å². The maximum Gasteiger partial charge on any atom is 0.330 e. The molecule has 0 spiro atoms. The van der Waals surface area contributed by atoms with Gasteiger partial charge in [0.2, 0.25) is 0 Å². The molecule has 0 aliphatic heterocycles. The van der Waals surface area contributed by atoms with Crippen LogP contribution in [0.1, 0.15) is 18.9 Å². The fraction of sp³-hybridized carbons (Fsp3) is 0.462. The fourth-order valence-electron chi connectivity index (χ4n) is 2.14. The van der Waals surface area contributed by atoms with E-state index in [2.05, 4.69) is 15.4 Å². The zero-order chi connectivity index (χ0) is 15.4. The molecule has 0 saturated carbocycles. The number of hydrogen-bond acceptors (Lipinski definition) is 5. The highest BCUT2D eigenvalue weighted by atomic mass is 16.2. The van der Waals surface area contributed by atoms with Crippen molar-refractivity contribution in [2.24, 2.45) is 7.05 Å². The first-order valence-corrected chi connectivity index (χ1v) is 6.87. The highest BCUT2D eigenvalue weighted by molar-refractivity contribution is 5.60. The third-order valence-electron chi connectivity index (χ3n) is 3.16. The lowest BCUT2D eigenvalue weighted by Crippen LogP contribution is -2.34. The molecule has 0 amide bonds. The van der Waals surface area contributed by atoms with E-state index in [1.807, 2.05) is 20.2 Å². The summed E-state index contributed by atoms with van der Waals surface area (Å²) < 4.78 is 3.09. The minimum absolute atomic E-state index is 0.178. The Bertz CT molecular complexity index is 727. The summed E-state index contributed by atoms with van der Waals surface area (Å²) in [6.45, 7) is 2.94. The van der Waals surface area contributed by atoms with Gasteiger partial charge in [-0.15, -0.1) is 0 Å². The van der Waals surface area contributed by atoms with Gasteiger partial charge in [0.25, 0.3) is 5.56 Å².